The molecule has 4 heteroatoms. The lowest BCUT2D eigenvalue weighted by Gasteiger charge is -2.38. The van der Waals surface area contributed by atoms with Gasteiger partial charge in [0.05, 0.1) is 0 Å². The number of rotatable bonds is 5. The quantitative estimate of drug-likeness (QED) is 0.595. The summed E-state index contributed by atoms with van der Waals surface area (Å²) >= 11 is 0. The van der Waals surface area contributed by atoms with Crippen LogP contribution in [0.1, 0.15) is 34.1 Å². The largest absolute Gasteiger partial charge is 0.478 e. The van der Waals surface area contributed by atoms with E-state index >= 15 is 0 Å². The van der Waals surface area contributed by atoms with E-state index in [-0.39, 0.29) is 11.1 Å². The van der Waals surface area contributed by atoms with Crippen molar-refractivity contribution in [2.24, 2.45) is 0 Å². The van der Waals surface area contributed by atoms with Gasteiger partial charge in [0, 0.05) is 12.2 Å². The zero-order valence-electron chi connectivity index (χ0n) is 11.2. The first kappa shape index (κ1) is 15.4. The topological polar surface area (TPSA) is 46.5 Å². The Hall–Kier alpha value is -0.613. The lowest BCUT2D eigenvalue weighted by molar-refractivity contribution is -0.131. The van der Waals surface area contributed by atoms with Crippen molar-refractivity contribution in [1.29, 1.82) is 0 Å². The average molecular weight is 244 g/mol. The molecule has 16 heavy (non-hydrogen) atoms. The van der Waals surface area contributed by atoms with Crippen LogP contribution in [0.3, 0.4) is 0 Å². The highest BCUT2D eigenvalue weighted by Gasteiger charge is 2.38. The molecule has 0 saturated carbocycles. The first-order valence-corrected chi connectivity index (χ1v) is 8.54. The summed E-state index contributed by atoms with van der Waals surface area (Å²) in [6.45, 7) is 13.0. The van der Waals surface area contributed by atoms with Gasteiger partial charge in [-0.2, -0.15) is 0 Å². The van der Waals surface area contributed by atoms with Crippen molar-refractivity contribution in [1.82, 2.24) is 0 Å². The molecular formula is C12H24O3Si. The van der Waals surface area contributed by atoms with Gasteiger partial charge in [0.15, 0.2) is 8.32 Å². The van der Waals surface area contributed by atoms with Crippen molar-refractivity contribution in [2.75, 3.05) is 0 Å². The van der Waals surface area contributed by atoms with Crippen LogP contribution in [0.25, 0.3) is 0 Å². The molecule has 0 spiro atoms. The molecule has 0 heterocycles. The number of carboxylic acids is 1. The summed E-state index contributed by atoms with van der Waals surface area (Å²) in [6.07, 6.45) is 3.56. The number of aliphatic carboxylic acids is 1. The van der Waals surface area contributed by atoms with E-state index in [1.54, 1.807) is 6.08 Å². The van der Waals surface area contributed by atoms with E-state index in [0.717, 1.165) is 0 Å². The molecule has 0 aliphatic carbocycles. The van der Waals surface area contributed by atoms with E-state index in [9.17, 15) is 4.79 Å². The molecule has 0 bridgehead atoms. The van der Waals surface area contributed by atoms with Crippen LogP contribution < -0.4 is 0 Å². The molecule has 1 atom stereocenters. The fourth-order valence-electron chi connectivity index (χ4n) is 1.09. The summed E-state index contributed by atoms with van der Waals surface area (Å²) < 4.78 is 6.08. The minimum Gasteiger partial charge on any atom is -0.478 e. The maximum atomic E-state index is 10.3. The van der Waals surface area contributed by atoms with E-state index in [0.29, 0.717) is 6.42 Å². The van der Waals surface area contributed by atoms with Crippen LogP contribution in [0.5, 0.6) is 0 Å². The molecule has 1 N–H and O–H groups in total. The van der Waals surface area contributed by atoms with E-state index in [2.05, 4.69) is 33.9 Å². The van der Waals surface area contributed by atoms with Gasteiger partial charge >= 0.3 is 5.97 Å². The molecule has 1 unspecified atom stereocenters. The van der Waals surface area contributed by atoms with Crippen molar-refractivity contribution in [3.05, 3.63) is 12.2 Å². The maximum absolute atomic E-state index is 10.3. The number of carboxylic acid groups (broad SMARTS) is 1. The van der Waals surface area contributed by atoms with Gasteiger partial charge in [-0.1, -0.05) is 26.8 Å². The smallest absolute Gasteiger partial charge is 0.327 e. The Kier molecular flexibility index (Phi) is 5.42. The fourth-order valence-corrected chi connectivity index (χ4v) is 2.54. The minimum absolute atomic E-state index is 0.0801. The standard InChI is InChI=1S/C12H24O3Si/c1-10(8-7-9-11(13)14)15-16(5,6)12(2,3)4/h7,9-10H,8H2,1-6H3,(H,13,14)/b9-7+. The van der Waals surface area contributed by atoms with Crippen molar-refractivity contribution >= 4 is 14.3 Å². The molecule has 0 aromatic carbocycles. The van der Waals surface area contributed by atoms with Gasteiger partial charge in [0.25, 0.3) is 0 Å². The molecule has 0 amide bonds. The first-order valence-electron chi connectivity index (χ1n) is 5.63. The normalized spacial score (nSPS) is 15.4. The first-order chi connectivity index (χ1) is 7.06. The van der Waals surface area contributed by atoms with Gasteiger partial charge in [-0.05, 0) is 31.5 Å². The molecule has 94 valence electrons. The second-order valence-electron chi connectivity index (χ2n) is 5.67. The van der Waals surface area contributed by atoms with Crippen LogP contribution in [0.4, 0.5) is 0 Å². The third-order valence-corrected chi connectivity index (χ3v) is 7.63. The highest BCUT2D eigenvalue weighted by atomic mass is 28.4. The molecule has 3 nitrogen and oxygen atoms in total. The van der Waals surface area contributed by atoms with Crippen LogP contribution in [0, 0.1) is 0 Å². The van der Waals surface area contributed by atoms with Crippen molar-refractivity contribution < 1.29 is 14.3 Å². The Morgan fingerprint density at radius 2 is 1.94 bits per heavy atom. The molecule has 0 aromatic heterocycles. The summed E-state index contributed by atoms with van der Waals surface area (Å²) in [5, 5.41) is 8.66. The number of hydrogen-bond donors (Lipinski definition) is 1. The second kappa shape index (κ2) is 5.64. The molecule has 0 aliphatic rings. The second-order valence-corrected chi connectivity index (χ2v) is 10.4. The Bertz CT molecular complexity index is 264. The third-order valence-electron chi connectivity index (χ3n) is 3.03. The summed E-state index contributed by atoms with van der Waals surface area (Å²) in [4.78, 5) is 10.3. The Morgan fingerprint density at radius 1 is 1.44 bits per heavy atom. The van der Waals surface area contributed by atoms with Crippen LogP contribution in [0.2, 0.25) is 18.1 Å². The fraction of sp³-hybridized carbons (Fsp3) is 0.750. The van der Waals surface area contributed by atoms with Crippen LogP contribution in [-0.2, 0) is 9.22 Å². The van der Waals surface area contributed by atoms with Crippen molar-refractivity contribution in [3.63, 3.8) is 0 Å². The van der Waals surface area contributed by atoms with Crippen LogP contribution >= 0.6 is 0 Å². The number of hydrogen-bond acceptors (Lipinski definition) is 2. The Morgan fingerprint density at radius 3 is 2.31 bits per heavy atom. The Balaban J connectivity index is 4.24. The molecule has 0 aliphatic heterocycles. The van der Waals surface area contributed by atoms with E-state index in [1.165, 1.54) is 6.08 Å². The summed E-state index contributed by atoms with van der Waals surface area (Å²) in [5.74, 6) is -0.903. The highest BCUT2D eigenvalue weighted by molar-refractivity contribution is 6.74. The van der Waals surface area contributed by atoms with Gasteiger partial charge in [-0.15, -0.1) is 0 Å². The van der Waals surface area contributed by atoms with Crippen molar-refractivity contribution in [3.8, 4) is 0 Å². The molecule has 0 saturated heterocycles. The monoisotopic (exact) mass is 244 g/mol. The average Bonchev–Trinajstić information content (AvgIpc) is 1.99. The molecule has 0 radical (unpaired) electrons. The SMILES string of the molecule is CC(C/C=C/C(=O)O)O[Si](C)(C)C(C)(C)C. The zero-order valence-corrected chi connectivity index (χ0v) is 12.2. The lowest BCUT2D eigenvalue weighted by Crippen LogP contribution is -2.43. The lowest BCUT2D eigenvalue weighted by atomic mass is 10.2. The van der Waals surface area contributed by atoms with E-state index in [1.807, 2.05) is 6.92 Å². The predicted molar refractivity (Wildman–Crippen MR) is 69.1 cm³/mol. The zero-order chi connectivity index (χ0) is 13.0. The van der Waals surface area contributed by atoms with E-state index in [4.69, 9.17) is 9.53 Å². The minimum atomic E-state index is -1.73. The highest BCUT2D eigenvalue weighted by Crippen LogP contribution is 2.37. The van der Waals surface area contributed by atoms with Gasteiger partial charge in [0.1, 0.15) is 0 Å². The predicted octanol–water partition coefficient (Wildman–Crippen LogP) is 3.43. The van der Waals surface area contributed by atoms with Crippen molar-refractivity contribution in [2.45, 2.75) is 58.4 Å². The summed E-state index contributed by atoms with van der Waals surface area (Å²) in [6, 6.07) is 0. The maximum Gasteiger partial charge on any atom is 0.327 e. The number of carbonyl (C=O) groups is 1. The van der Waals surface area contributed by atoms with Crippen LogP contribution in [0.15, 0.2) is 12.2 Å². The molecule has 0 aromatic rings. The van der Waals surface area contributed by atoms with E-state index < -0.39 is 14.3 Å². The van der Waals surface area contributed by atoms with Gasteiger partial charge in [-0.25, -0.2) is 4.79 Å². The van der Waals surface area contributed by atoms with Crippen LogP contribution in [-0.4, -0.2) is 25.5 Å². The molecule has 0 rings (SSSR count). The molecular weight excluding hydrogens is 220 g/mol. The Labute approximate surface area is 99.6 Å². The molecule has 0 fully saturated rings. The third kappa shape index (κ3) is 5.46. The summed E-state index contributed by atoms with van der Waals surface area (Å²) in [5.41, 5.74) is 0. The summed E-state index contributed by atoms with van der Waals surface area (Å²) in [7, 11) is -1.73. The van der Waals surface area contributed by atoms with Gasteiger partial charge < -0.3 is 9.53 Å². The van der Waals surface area contributed by atoms with Gasteiger partial charge in [0.2, 0.25) is 0 Å². The van der Waals surface area contributed by atoms with Gasteiger partial charge in [-0.3, -0.25) is 0 Å².